The maximum atomic E-state index is 12.6. The molecule has 0 aromatic rings. The third kappa shape index (κ3) is 9.75. The first-order chi connectivity index (χ1) is 27.4. The Morgan fingerprint density at radius 1 is 0.448 bits per heavy atom. The molecule has 5 aliphatic rings. The van der Waals surface area contributed by atoms with Crippen LogP contribution in [-0.4, -0.2) is 262 Å². The van der Waals surface area contributed by atoms with Crippen molar-refractivity contribution < 1.29 is 124 Å². The number of hydrogen-bond acceptors (Lipinski definition) is 25. The fourth-order valence-corrected chi connectivity index (χ4v) is 7.36. The lowest BCUT2D eigenvalue weighted by atomic mass is 9.94. The largest absolute Gasteiger partial charge is 0.394 e. The van der Waals surface area contributed by atoms with Crippen LogP contribution < -0.4 is 5.32 Å². The molecule has 5 rings (SSSR count). The Balaban J connectivity index is 1.40. The summed E-state index contributed by atoms with van der Waals surface area (Å²) in [5, 5.41) is 159. The summed E-state index contributed by atoms with van der Waals surface area (Å²) < 4.78 is 50.8. The molecule has 58 heavy (non-hydrogen) atoms. The van der Waals surface area contributed by atoms with Crippen LogP contribution in [-0.2, 0) is 47.4 Å². The van der Waals surface area contributed by atoms with E-state index in [2.05, 4.69) is 5.32 Å². The Morgan fingerprint density at radius 3 is 1.47 bits per heavy atom. The van der Waals surface area contributed by atoms with E-state index in [1.807, 2.05) is 0 Å². The summed E-state index contributed by atoms with van der Waals surface area (Å²) >= 11 is 0. The molecule has 5 fully saturated rings. The summed E-state index contributed by atoms with van der Waals surface area (Å²) in [6, 6.07) is -1.69. The highest BCUT2D eigenvalue weighted by Gasteiger charge is 2.57. The van der Waals surface area contributed by atoms with E-state index >= 15 is 0 Å². The summed E-state index contributed by atoms with van der Waals surface area (Å²) in [6.07, 6.45) is -43.1. The van der Waals surface area contributed by atoms with Gasteiger partial charge in [0.2, 0.25) is 5.91 Å². The number of carbonyl (C=O) groups is 1. The van der Waals surface area contributed by atoms with Crippen LogP contribution in [0.15, 0.2) is 0 Å². The highest BCUT2D eigenvalue weighted by Crippen LogP contribution is 2.36. The van der Waals surface area contributed by atoms with Crippen molar-refractivity contribution in [3.05, 3.63) is 0 Å². The van der Waals surface area contributed by atoms with Crippen molar-refractivity contribution in [1.82, 2.24) is 5.32 Å². The molecule has 338 valence electrons. The lowest BCUT2D eigenvalue weighted by molar-refractivity contribution is -0.389. The van der Waals surface area contributed by atoms with Gasteiger partial charge in [-0.25, -0.2) is 0 Å². The van der Waals surface area contributed by atoms with Gasteiger partial charge in [-0.1, -0.05) is 0 Å². The number of rotatable bonds is 13. The fourth-order valence-electron chi connectivity index (χ4n) is 7.36. The van der Waals surface area contributed by atoms with Crippen molar-refractivity contribution in [3.63, 3.8) is 0 Å². The molecule has 5 saturated heterocycles. The minimum atomic E-state index is -2.09. The molecular formula is C32H55NO25. The molecule has 0 bridgehead atoms. The normalized spacial score (nSPS) is 51.6. The average Bonchev–Trinajstić information content (AvgIpc) is 3.19. The predicted molar refractivity (Wildman–Crippen MR) is 177 cm³/mol. The van der Waals surface area contributed by atoms with Crippen molar-refractivity contribution in [2.24, 2.45) is 0 Å². The Morgan fingerprint density at radius 2 is 0.879 bits per heavy atom. The Hall–Kier alpha value is -1.49. The van der Waals surface area contributed by atoms with Gasteiger partial charge in [0.1, 0.15) is 116 Å². The van der Waals surface area contributed by atoms with Crippen molar-refractivity contribution in [2.75, 3.05) is 26.4 Å². The lowest BCUT2D eigenvalue weighted by Gasteiger charge is -2.50. The molecule has 5 heterocycles. The highest BCUT2D eigenvalue weighted by molar-refractivity contribution is 5.73. The van der Waals surface area contributed by atoms with Gasteiger partial charge in [-0.2, -0.15) is 0 Å². The molecule has 26 heteroatoms. The molecule has 0 saturated carbocycles. The van der Waals surface area contributed by atoms with Crippen LogP contribution in [0.5, 0.6) is 0 Å². The number of carbonyl (C=O) groups excluding carboxylic acids is 1. The topological polar surface area (TPSA) is 416 Å². The van der Waals surface area contributed by atoms with Gasteiger partial charge in [0.15, 0.2) is 31.5 Å². The molecule has 16 N–H and O–H groups in total. The van der Waals surface area contributed by atoms with Crippen LogP contribution in [0.25, 0.3) is 0 Å². The zero-order valence-electron chi connectivity index (χ0n) is 31.1. The SMILES string of the molecule is CC(=O)N[C@H]1[C@H](O[C@@H]2[C@H](O)[C@@H](O)[C@H](O[C@H]3[C@H](O)[C@@H](O)[C@H](O)O[C@@H]3CO)O[C@@H]2CO)O[C@H](CO)[C@@H](O)[C@@H]1O[C@@H]1O[C@H](CO)[C@H](O)[C@H](O)[C@H]1O[C@@H]1O[C@@H](C)[C@@H](O)[C@@H](O)[C@@H]1O. The van der Waals surface area contributed by atoms with Crippen molar-refractivity contribution in [3.8, 4) is 0 Å². The lowest BCUT2D eigenvalue weighted by Crippen LogP contribution is -2.70. The predicted octanol–water partition coefficient (Wildman–Crippen LogP) is -10.8. The molecule has 0 aliphatic carbocycles. The van der Waals surface area contributed by atoms with Crippen LogP contribution in [0, 0.1) is 0 Å². The standard InChI is InChI=1S/C32H55NO25/c1-7-14(39)17(42)22(47)30(50-7)58-27-18(43)15(40)9(3-34)53-32(27)57-26-13(33-8(2)38)29(52-10(4-35)16(26)41)55-25-12(6-37)54-31(23(48)20(25)45)56-24-11(5-36)51-28(49)21(46)19(24)44/h7,9-32,34-37,39-49H,3-6H2,1-2H3,(H,33,38)/t7-,9+,10+,11+,12+,13+,14+,15-,16+,17+,18-,19+,20+,21+,22-,23+,24+,25-,26+,27+,28+,29-,30-,31-,32-/m0/s1. The molecule has 0 radical (unpaired) electrons. The average molecular weight is 854 g/mol. The second kappa shape index (κ2) is 20.1. The van der Waals surface area contributed by atoms with Crippen molar-refractivity contribution >= 4 is 5.91 Å². The van der Waals surface area contributed by atoms with Crippen LogP contribution >= 0.6 is 0 Å². The number of aliphatic hydroxyl groups excluding tert-OH is 15. The number of aliphatic hydroxyl groups is 15. The number of nitrogens with one attached hydrogen (secondary N) is 1. The van der Waals surface area contributed by atoms with Gasteiger partial charge in [-0.15, -0.1) is 0 Å². The third-order valence-electron chi connectivity index (χ3n) is 10.7. The summed E-state index contributed by atoms with van der Waals surface area (Å²) in [6.45, 7) is -1.31. The maximum absolute atomic E-state index is 12.6. The number of amides is 1. The minimum absolute atomic E-state index is 0.807. The van der Waals surface area contributed by atoms with E-state index < -0.39 is 186 Å². The van der Waals surface area contributed by atoms with Gasteiger partial charge in [0.25, 0.3) is 0 Å². The fraction of sp³-hybridized carbons (Fsp3) is 0.969. The zero-order valence-corrected chi connectivity index (χ0v) is 31.1. The molecule has 25 atom stereocenters. The summed E-state index contributed by atoms with van der Waals surface area (Å²) in [5.41, 5.74) is 0. The van der Waals surface area contributed by atoms with E-state index in [1.54, 1.807) is 0 Å². The Labute approximate surface area is 329 Å². The van der Waals surface area contributed by atoms with Gasteiger partial charge in [0.05, 0.1) is 32.5 Å². The monoisotopic (exact) mass is 853 g/mol. The molecule has 26 nitrogen and oxygen atoms in total. The molecule has 5 aliphatic heterocycles. The Kier molecular flexibility index (Phi) is 16.5. The van der Waals surface area contributed by atoms with Gasteiger partial charge in [-0.3, -0.25) is 4.79 Å². The molecule has 1 amide bonds. The van der Waals surface area contributed by atoms with Crippen LogP contribution in [0.1, 0.15) is 13.8 Å². The second-order valence-corrected chi connectivity index (χ2v) is 14.7. The smallest absolute Gasteiger partial charge is 0.217 e. The molecule has 0 aromatic heterocycles. The zero-order chi connectivity index (χ0) is 42.9. The molecule has 0 spiro atoms. The van der Waals surface area contributed by atoms with Crippen molar-refractivity contribution in [2.45, 2.75) is 167 Å². The quantitative estimate of drug-likeness (QED) is 0.0818. The number of hydrogen-bond donors (Lipinski definition) is 16. The maximum Gasteiger partial charge on any atom is 0.217 e. The van der Waals surface area contributed by atoms with Gasteiger partial charge in [0, 0.05) is 6.92 Å². The Bertz CT molecular complexity index is 1300. The first-order valence-electron chi connectivity index (χ1n) is 18.5. The van der Waals surface area contributed by atoms with E-state index in [-0.39, 0.29) is 0 Å². The van der Waals surface area contributed by atoms with E-state index in [0.29, 0.717) is 0 Å². The van der Waals surface area contributed by atoms with E-state index in [9.17, 15) is 81.4 Å². The summed E-state index contributed by atoms with van der Waals surface area (Å²) in [7, 11) is 0. The van der Waals surface area contributed by atoms with E-state index in [0.717, 1.165) is 6.92 Å². The summed E-state index contributed by atoms with van der Waals surface area (Å²) in [4.78, 5) is 12.6. The third-order valence-corrected chi connectivity index (χ3v) is 10.7. The molecule has 0 unspecified atom stereocenters. The summed E-state index contributed by atoms with van der Waals surface area (Å²) in [5.74, 6) is -0.807. The van der Waals surface area contributed by atoms with Crippen molar-refractivity contribution in [1.29, 1.82) is 0 Å². The van der Waals surface area contributed by atoms with Crippen LogP contribution in [0.3, 0.4) is 0 Å². The number of ether oxygens (including phenoxy) is 9. The molecular weight excluding hydrogens is 798 g/mol. The van der Waals surface area contributed by atoms with Crippen LogP contribution in [0.2, 0.25) is 0 Å². The first kappa shape index (κ1) is 47.6. The van der Waals surface area contributed by atoms with Gasteiger partial charge >= 0.3 is 0 Å². The van der Waals surface area contributed by atoms with E-state index in [1.165, 1.54) is 6.92 Å². The van der Waals surface area contributed by atoms with Gasteiger partial charge < -0.3 is 125 Å². The minimum Gasteiger partial charge on any atom is -0.394 e. The second-order valence-electron chi connectivity index (χ2n) is 14.7. The van der Waals surface area contributed by atoms with Gasteiger partial charge in [-0.05, 0) is 6.92 Å². The van der Waals surface area contributed by atoms with Crippen LogP contribution in [0.4, 0.5) is 0 Å². The first-order valence-corrected chi connectivity index (χ1v) is 18.5. The van der Waals surface area contributed by atoms with E-state index in [4.69, 9.17) is 42.6 Å². The highest BCUT2D eigenvalue weighted by atomic mass is 16.8. The molecule has 0 aromatic carbocycles.